The summed E-state index contributed by atoms with van der Waals surface area (Å²) in [6.07, 6.45) is 3.04. The molecule has 2 atom stereocenters. The van der Waals surface area contributed by atoms with Crippen molar-refractivity contribution in [3.05, 3.63) is 35.9 Å². The Hall–Kier alpha value is -1.35. The fraction of sp³-hybridized carbons (Fsp3) is 0.562. The molecule has 3 heteroatoms. The van der Waals surface area contributed by atoms with Gasteiger partial charge in [0.1, 0.15) is 0 Å². The fourth-order valence-corrected chi connectivity index (χ4v) is 2.57. The van der Waals surface area contributed by atoms with Crippen LogP contribution in [0.1, 0.15) is 37.7 Å². The molecule has 104 valence electrons. The van der Waals surface area contributed by atoms with Gasteiger partial charge in [0.2, 0.25) is 5.91 Å². The van der Waals surface area contributed by atoms with Gasteiger partial charge >= 0.3 is 0 Å². The molecule has 2 rings (SSSR count). The zero-order valence-electron chi connectivity index (χ0n) is 11.6. The van der Waals surface area contributed by atoms with Gasteiger partial charge in [-0.15, -0.1) is 0 Å². The number of carbonyl (C=O) groups is 1. The second-order valence-electron chi connectivity index (χ2n) is 5.26. The Bertz CT molecular complexity index is 404. The standard InChI is InChI=1S/C16H23NO2/c1-2-3-9-17(10-11-18)16(19)15-12-14(15)13-7-5-4-6-8-13/h4-8,14-15,18H,2-3,9-12H2,1H3. The van der Waals surface area contributed by atoms with Gasteiger partial charge in [-0.05, 0) is 24.3 Å². The van der Waals surface area contributed by atoms with Crippen LogP contribution in [-0.4, -0.2) is 35.6 Å². The van der Waals surface area contributed by atoms with Crippen molar-refractivity contribution < 1.29 is 9.90 Å². The molecule has 0 saturated heterocycles. The largest absolute Gasteiger partial charge is 0.395 e. The molecule has 1 aliphatic rings. The van der Waals surface area contributed by atoms with Crippen molar-refractivity contribution in [1.82, 2.24) is 4.90 Å². The second-order valence-corrected chi connectivity index (χ2v) is 5.26. The highest BCUT2D eigenvalue weighted by Crippen LogP contribution is 2.48. The Morgan fingerprint density at radius 1 is 1.32 bits per heavy atom. The molecule has 0 bridgehead atoms. The van der Waals surface area contributed by atoms with Crippen molar-refractivity contribution in [3.63, 3.8) is 0 Å². The number of nitrogens with zero attached hydrogens (tertiary/aromatic N) is 1. The summed E-state index contributed by atoms with van der Waals surface area (Å²) in [5, 5.41) is 9.08. The van der Waals surface area contributed by atoms with Crippen molar-refractivity contribution in [2.45, 2.75) is 32.1 Å². The summed E-state index contributed by atoms with van der Waals surface area (Å²) in [5.41, 5.74) is 1.26. The third-order valence-electron chi connectivity index (χ3n) is 3.80. The molecular formula is C16H23NO2. The van der Waals surface area contributed by atoms with Crippen LogP contribution in [0.3, 0.4) is 0 Å². The molecule has 0 radical (unpaired) electrons. The Morgan fingerprint density at radius 2 is 2.05 bits per heavy atom. The molecule has 1 aromatic rings. The first kappa shape index (κ1) is 14.1. The summed E-state index contributed by atoms with van der Waals surface area (Å²) in [6.45, 7) is 3.41. The molecule has 1 aliphatic carbocycles. The van der Waals surface area contributed by atoms with Crippen LogP contribution in [-0.2, 0) is 4.79 Å². The first-order chi connectivity index (χ1) is 9.27. The van der Waals surface area contributed by atoms with Crippen LogP contribution >= 0.6 is 0 Å². The lowest BCUT2D eigenvalue weighted by Crippen LogP contribution is -2.35. The minimum Gasteiger partial charge on any atom is -0.395 e. The van der Waals surface area contributed by atoms with Crippen LogP contribution in [0.4, 0.5) is 0 Å². The van der Waals surface area contributed by atoms with Gasteiger partial charge in [0.15, 0.2) is 0 Å². The van der Waals surface area contributed by atoms with Crippen LogP contribution in [0.25, 0.3) is 0 Å². The summed E-state index contributed by atoms with van der Waals surface area (Å²) in [4.78, 5) is 14.2. The van der Waals surface area contributed by atoms with Crippen LogP contribution in [0.2, 0.25) is 0 Å². The number of rotatable bonds is 7. The number of hydrogen-bond donors (Lipinski definition) is 1. The molecule has 1 aromatic carbocycles. The van der Waals surface area contributed by atoms with E-state index < -0.39 is 0 Å². The van der Waals surface area contributed by atoms with E-state index in [0.717, 1.165) is 25.8 Å². The lowest BCUT2D eigenvalue weighted by Gasteiger charge is -2.21. The highest BCUT2D eigenvalue weighted by molar-refractivity contribution is 5.83. The highest BCUT2D eigenvalue weighted by atomic mass is 16.3. The molecule has 19 heavy (non-hydrogen) atoms. The topological polar surface area (TPSA) is 40.5 Å². The maximum Gasteiger partial charge on any atom is 0.226 e. The Balaban J connectivity index is 1.93. The Labute approximate surface area is 115 Å². The number of amides is 1. The minimum absolute atomic E-state index is 0.0537. The molecule has 3 nitrogen and oxygen atoms in total. The monoisotopic (exact) mass is 261 g/mol. The van der Waals surface area contributed by atoms with Gasteiger partial charge < -0.3 is 10.0 Å². The van der Waals surface area contributed by atoms with E-state index >= 15 is 0 Å². The van der Waals surface area contributed by atoms with E-state index in [9.17, 15) is 4.79 Å². The molecular weight excluding hydrogens is 238 g/mol. The van der Waals surface area contributed by atoms with E-state index in [0.29, 0.717) is 12.5 Å². The van der Waals surface area contributed by atoms with E-state index in [4.69, 9.17) is 5.11 Å². The maximum absolute atomic E-state index is 12.4. The molecule has 1 saturated carbocycles. The van der Waals surface area contributed by atoms with Gasteiger partial charge in [-0.2, -0.15) is 0 Å². The summed E-state index contributed by atoms with van der Waals surface area (Å²) in [5.74, 6) is 0.735. The predicted molar refractivity (Wildman–Crippen MR) is 75.9 cm³/mol. The fourth-order valence-electron chi connectivity index (χ4n) is 2.57. The van der Waals surface area contributed by atoms with Crippen molar-refractivity contribution in [2.24, 2.45) is 5.92 Å². The summed E-state index contributed by atoms with van der Waals surface area (Å²) >= 11 is 0. The van der Waals surface area contributed by atoms with E-state index in [-0.39, 0.29) is 18.4 Å². The van der Waals surface area contributed by atoms with E-state index in [1.54, 1.807) is 0 Å². The number of carbonyl (C=O) groups excluding carboxylic acids is 1. The third kappa shape index (κ3) is 3.57. The zero-order chi connectivity index (χ0) is 13.7. The van der Waals surface area contributed by atoms with Gasteiger partial charge in [0.05, 0.1) is 6.61 Å². The molecule has 1 fully saturated rings. The van der Waals surface area contributed by atoms with Crippen molar-refractivity contribution in [3.8, 4) is 0 Å². The summed E-state index contributed by atoms with van der Waals surface area (Å²) in [6, 6.07) is 10.2. The second kappa shape index (κ2) is 6.71. The highest BCUT2D eigenvalue weighted by Gasteiger charge is 2.45. The molecule has 1 amide bonds. The van der Waals surface area contributed by atoms with E-state index in [2.05, 4.69) is 19.1 Å². The molecule has 0 heterocycles. The van der Waals surface area contributed by atoms with E-state index in [1.807, 2.05) is 23.1 Å². The maximum atomic E-state index is 12.4. The summed E-state index contributed by atoms with van der Waals surface area (Å²) < 4.78 is 0. The van der Waals surface area contributed by atoms with Crippen molar-refractivity contribution >= 4 is 5.91 Å². The van der Waals surface area contributed by atoms with Gasteiger partial charge in [-0.3, -0.25) is 4.79 Å². The Kier molecular flexibility index (Phi) is 4.97. The number of unbranched alkanes of at least 4 members (excludes halogenated alkanes) is 1. The quantitative estimate of drug-likeness (QED) is 0.819. The zero-order valence-corrected chi connectivity index (χ0v) is 11.6. The number of benzene rings is 1. The van der Waals surface area contributed by atoms with E-state index in [1.165, 1.54) is 5.56 Å². The van der Waals surface area contributed by atoms with Crippen molar-refractivity contribution in [1.29, 1.82) is 0 Å². The smallest absolute Gasteiger partial charge is 0.226 e. The van der Waals surface area contributed by atoms with Crippen LogP contribution < -0.4 is 0 Å². The van der Waals surface area contributed by atoms with Crippen molar-refractivity contribution in [2.75, 3.05) is 19.7 Å². The average molecular weight is 261 g/mol. The molecule has 0 spiro atoms. The number of aliphatic hydroxyl groups is 1. The molecule has 0 aliphatic heterocycles. The SMILES string of the molecule is CCCCN(CCO)C(=O)C1CC1c1ccccc1. The Morgan fingerprint density at radius 3 is 2.68 bits per heavy atom. The lowest BCUT2D eigenvalue weighted by atomic mass is 10.1. The third-order valence-corrected chi connectivity index (χ3v) is 3.80. The molecule has 1 N–H and O–H groups in total. The number of hydrogen-bond acceptors (Lipinski definition) is 2. The summed E-state index contributed by atoms with van der Waals surface area (Å²) in [7, 11) is 0. The van der Waals surface area contributed by atoms with Gasteiger partial charge in [-0.1, -0.05) is 43.7 Å². The molecule has 2 unspecified atom stereocenters. The lowest BCUT2D eigenvalue weighted by molar-refractivity contribution is -0.133. The average Bonchev–Trinajstić information content (AvgIpc) is 3.24. The van der Waals surface area contributed by atoms with Crippen LogP contribution in [0.5, 0.6) is 0 Å². The van der Waals surface area contributed by atoms with Crippen LogP contribution in [0, 0.1) is 5.92 Å². The van der Waals surface area contributed by atoms with Gasteiger partial charge in [0, 0.05) is 19.0 Å². The van der Waals surface area contributed by atoms with Crippen LogP contribution in [0.15, 0.2) is 30.3 Å². The molecule has 0 aromatic heterocycles. The normalized spacial score (nSPS) is 21.2. The number of aliphatic hydroxyl groups excluding tert-OH is 1. The van der Waals surface area contributed by atoms with Gasteiger partial charge in [0.25, 0.3) is 0 Å². The van der Waals surface area contributed by atoms with Gasteiger partial charge in [-0.25, -0.2) is 0 Å². The minimum atomic E-state index is 0.0537. The predicted octanol–water partition coefficient (Wildman–Crippen LogP) is 2.41. The first-order valence-corrected chi connectivity index (χ1v) is 7.22. The first-order valence-electron chi connectivity index (χ1n) is 7.22.